The van der Waals surface area contributed by atoms with Crippen LogP contribution in [0.15, 0.2) is 118 Å². The van der Waals surface area contributed by atoms with Gasteiger partial charge in [0, 0.05) is 14.8 Å². The summed E-state index contributed by atoms with van der Waals surface area (Å²) in [7, 11) is 0. The molecule has 2 heterocycles. The molecule has 1 aliphatic heterocycles. The predicted octanol–water partition coefficient (Wildman–Crippen LogP) is 7.06. The molecular weight excluding hydrogens is 824 g/mol. The van der Waals surface area contributed by atoms with Crippen molar-refractivity contribution in [1.82, 2.24) is 4.57 Å². The van der Waals surface area contributed by atoms with E-state index >= 15 is 0 Å². The van der Waals surface area contributed by atoms with Crippen LogP contribution in [0.5, 0.6) is 11.5 Å². The van der Waals surface area contributed by atoms with Gasteiger partial charge in [0.05, 0.1) is 32.0 Å². The number of ether oxygens (including phenoxy) is 2. The first-order valence-corrected chi connectivity index (χ1v) is 17.6. The largest absolute Gasteiger partial charge is 0.494 e. The molecule has 46 heavy (non-hydrogen) atoms. The molecule has 5 aromatic rings. The lowest BCUT2D eigenvalue weighted by Crippen LogP contribution is -2.40. The Balaban J connectivity index is 1.46. The summed E-state index contributed by atoms with van der Waals surface area (Å²) in [4.78, 5) is 33.5. The monoisotopic (exact) mass is 853 g/mol. The number of para-hydroxylation sites is 1. The second-order valence-electron chi connectivity index (χ2n) is 10.5. The maximum absolute atomic E-state index is 14.3. The zero-order valence-corrected chi connectivity index (χ0v) is 30.1. The summed E-state index contributed by atoms with van der Waals surface area (Å²) in [6, 6.07) is 30.1. The average molecular weight is 854 g/mol. The van der Waals surface area contributed by atoms with Gasteiger partial charge in [0.25, 0.3) is 11.5 Å². The van der Waals surface area contributed by atoms with Crippen molar-refractivity contribution in [3.63, 3.8) is 0 Å². The van der Waals surface area contributed by atoms with Crippen LogP contribution < -0.4 is 29.7 Å². The number of carbonyl (C=O) groups is 1. The molecule has 1 amide bonds. The lowest BCUT2D eigenvalue weighted by atomic mass is 9.95. The molecule has 10 heteroatoms. The van der Waals surface area contributed by atoms with E-state index in [2.05, 4.69) is 50.5 Å². The highest BCUT2D eigenvalue weighted by molar-refractivity contribution is 14.1. The second kappa shape index (κ2) is 14.3. The van der Waals surface area contributed by atoms with Crippen LogP contribution in [0, 0.1) is 7.14 Å². The molecule has 1 aromatic heterocycles. The SMILES string of the molecule is CCOc1ccc([C@@H]2C(C(=O)Nc3ccccc3)=C(C)N=c3s/c(=C\c4cc(I)cc(I)c4OCc4ccccc4)c(=O)n32)cc1. The van der Waals surface area contributed by atoms with Gasteiger partial charge in [0.2, 0.25) is 0 Å². The topological polar surface area (TPSA) is 81.9 Å². The summed E-state index contributed by atoms with van der Waals surface area (Å²) >= 11 is 5.85. The van der Waals surface area contributed by atoms with Gasteiger partial charge >= 0.3 is 0 Å². The fourth-order valence-electron chi connectivity index (χ4n) is 5.27. The van der Waals surface area contributed by atoms with E-state index in [1.807, 2.05) is 117 Å². The van der Waals surface area contributed by atoms with Crippen molar-refractivity contribution in [1.29, 1.82) is 0 Å². The Bertz CT molecular complexity index is 2110. The minimum Gasteiger partial charge on any atom is -0.494 e. The molecule has 6 rings (SSSR count). The predicted molar refractivity (Wildman–Crippen MR) is 199 cm³/mol. The van der Waals surface area contributed by atoms with Crippen LogP contribution >= 0.6 is 56.5 Å². The molecule has 1 aliphatic rings. The minimum absolute atomic E-state index is 0.233. The molecule has 4 aromatic carbocycles. The second-order valence-corrected chi connectivity index (χ2v) is 13.9. The first kappa shape index (κ1) is 32.2. The smallest absolute Gasteiger partial charge is 0.271 e. The highest BCUT2D eigenvalue weighted by Gasteiger charge is 2.32. The Morgan fingerprint density at radius 1 is 0.978 bits per heavy atom. The summed E-state index contributed by atoms with van der Waals surface area (Å²) < 4.78 is 16.1. The molecule has 0 fully saturated rings. The summed E-state index contributed by atoms with van der Waals surface area (Å²) in [5.74, 6) is 1.10. The van der Waals surface area contributed by atoms with Gasteiger partial charge in [-0.15, -0.1) is 0 Å². The van der Waals surface area contributed by atoms with Gasteiger partial charge in [0.15, 0.2) is 4.80 Å². The first-order chi connectivity index (χ1) is 22.3. The molecule has 1 atom stereocenters. The van der Waals surface area contributed by atoms with E-state index in [4.69, 9.17) is 14.5 Å². The molecule has 0 saturated heterocycles. The van der Waals surface area contributed by atoms with Crippen molar-refractivity contribution < 1.29 is 14.3 Å². The molecule has 0 unspecified atom stereocenters. The fraction of sp³-hybridized carbons (Fsp3) is 0.139. The molecule has 0 aliphatic carbocycles. The number of fused-ring (bicyclic) bond motifs is 1. The van der Waals surface area contributed by atoms with Crippen molar-refractivity contribution >= 4 is 74.2 Å². The van der Waals surface area contributed by atoms with Crippen LogP contribution in [0.4, 0.5) is 5.69 Å². The van der Waals surface area contributed by atoms with Crippen molar-refractivity contribution in [3.05, 3.63) is 152 Å². The normalized spacial score (nSPS) is 14.4. The van der Waals surface area contributed by atoms with Crippen molar-refractivity contribution in [2.24, 2.45) is 4.99 Å². The van der Waals surface area contributed by atoms with E-state index in [9.17, 15) is 9.59 Å². The quantitative estimate of drug-likeness (QED) is 0.161. The van der Waals surface area contributed by atoms with Gasteiger partial charge in [-0.2, -0.15) is 0 Å². The lowest BCUT2D eigenvalue weighted by molar-refractivity contribution is -0.113. The first-order valence-electron chi connectivity index (χ1n) is 14.6. The highest BCUT2D eigenvalue weighted by Crippen LogP contribution is 2.33. The summed E-state index contributed by atoms with van der Waals surface area (Å²) in [6.45, 7) is 4.68. The molecule has 0 spiro atoms. The maximum Gasteiger partial charge on any atom is 0.271 e. The van der Waals surface area contributed by atoms with Crippen LogP contribution in [0.1, 0.15) is 36.6 Å². The summed E-state index contributed by atoms with van der Waals surface area (Å²) in [6.07, 6.45) is 1.87. The highest BCUT2D eigenvalue weighted by atomic mass is 127. The number of anilines is 1. The number of allylic oxidation sites excluding steroid dienone is 1. The van der Waals surface area contributed by atoms with E-state index in [1.165, 1.54) is 11.3 Å². The van der Waals surface area contributed by atoms with E-state index in [0.29, 0.717) is 51.0 Å². The standard InChI is InChI=1S/C36H29I2N3O4S/c1-3-44-28-16-14-24(15-17-28)32-31(34(42)40-27-12-8-5-9-13-27)22(2)39-36-41(32)35(43)30(46-36)19-25-18-26(37)20-29(38)33(25)45-21-23-10-6-4-7-11-23/h4-20,32H,3,21H2,1-2H3,(H,40,42)/b30-19-/t32-/m1/s1. The Labute approximate surface area is 297 Å². The van der Waals surface area contributed by atoms with Gasteiger partial charge in [-0.3, -0.25) is 14.2 Å². The Morgan fingerprint density at radius 2 is 1.67 bits per heavy atom. The van der Waals surface area contributed by atoms with Gasteiger partial charge in [-0.05, 0) is 113 Å². The number of halogens is 2. The lowest BCUT2D eigenvalue weighted by Gasteiger charge is -2.25. The van der Waals surface area contributed by atoms with Crippen molar-refractivity contribution in [2.75, 3.05) is 11.9 Å². The molecule has 0 bridgehead atoms. The fourth-order valence-corrected chi connectivity index (χ4v) is 8.35. The molecule has 7 nitrogen and oxygen atoms in total. The van der Waals surface area contributed by atoms with E-state index in [1.54, 1.807) is 4.57 Å². The van der Waals surface area contributed by atoms with Crippen LogP contribution in [-0.4, -0.2) is 17.1 Å². The minimum atomic E-state index is -0.692. The molecular formula is C36H29I2N3O4S. The Hall–Kier alpha value is -3.75. The van der Waals surface area contributed by atoms with E-state index < -0.39 is 6.04 Å². The van der Waals surface area contributed by atoms with Crippen LogP contribution in [0.3, 0.4) is 0 Å². The third-order valence-electron chi connectivity index (χ3n) is 7.35. The number of thiazole rings is 1. The van der Waals surface area contributed by atoms with E-state index in [0.717, 1.165) is 23.8 Å². The van der Waals surface area contributed by atoms with Crippen LogP contribution in [0.25, 0.3) is 6.08 Å². The van der Waals surface area contributed by atoms with Crippen molar-refractivity contribution in [2.45, 2.75) is 26.5 Å². The van der Waals surface area contributed by atoms with E-state index in [-0.39, 0.29) is 11.5 Å². The number of aromatic nitrogens is 1. The van der Waals surface area contributed by atoms with Crippen LogP contribution in [-0.2, 0) is 11.4 Å². The van der Waals surface area contributed by atoms with Gasteiger partial charge in [0.1, 0.15) is 18.1 Å². The summed E-state index contributed by atoms with van der Waals surface area (Å²) in [5, 5.41) is 3.00. The Morgan fingerprint density at radius 3 is 2.37 bits per heavy atom. The number of amides is 1. The number of nitrogens with zero attached hydrogens (tertiary/aromatic N) is 2. The van der Waals surface area contributed by atoms with Gasteiger partial charge in [-0.25, -0.2) is 4.99 Å². The number of carbonyl (C=O) groups excluding carboxylic acids is 1. The van der Waals surface area contributed by atoms with Crippen LogP contribution in [0.2, 0.25) is 0 Å². The molecule has 0 saturated carbocycles. The van der Waals surface area contributed by atoms with Gasteiger partial charge in [-0.1, -0.05) is 72.0 Å². The summed E-state index contributed by atoms with van der Waals surface area (Å²) in [5.41, 5.74) is 4.01. The maximum atomic E-state index is 14.3. The third kappa shape index (κ3) is 6.98. The third-order valence-corrected chi connectivity index (χ3v) is 9.76. The van der Waals surface area contributed by atoms with Crippen molar-refractivity contribution in [3.8, 4) is 11.5 Å². The number of hydrogen-bond acceptors (Lipinski definition) is 6. The number of rotatable bonds is 9. The zero-order chi connectivity index (χ0) is 32.2. The average Bonchev–Trinajstić information content (AvgIpc) is 3.35. The number of hydrogen-bond donors (Lipinski definition) is 1. The molecule has 1 N–H and O–H groups in total. The Kier molecular flexibility index (Phi) is 10.0. The number of benzene rings is 4. The number of nitrogens with one attached hydrogen (secondary N) is 1. The molecule has 232 valence electrons. The zero-order valence-electron chi connectivity index (χ0n) is 25.0. The van der Waals surface area contributed by atoms with Gasteiger partial charge < -0.3 is 14.8 Å². The molecule has 0 radical (unpaired) electrons.